The van der Waals surface area contributed by atoms with Gasteiger partial charge in [0.05, 0.1) is 12.6 Å². The molecule has 7 N–H and O–H groups in total. The third kappa shape index (κ3) is 9.70. The predicted octanol–water partition coefficient (Wildman–Crippen LogP) is -1.43. The molecule has 0 fully saturated rings. The van der Waals surface area contributed by atoms with E-state index in [9.17, 15) is 24.3 Å². The van der Waals surface area contributed by atoms with Crippen molar-refractivity contribution in [2.75, 3.05) is 24.4 Å². The van der Waals surface area contributed by atoms with Gasteiger partial charge in [0.1, 0.15) is 18.1 Å². The summed E-state index contributed by atoms with van der Waals surface area (Å²) in [6.45, 7) is 2.85. The Morgan fingerprint density at radius 2 is 1.66 bits per heavy atom. The molecular weight excluding hydrogens is 420 g/mol. The van der Waals surface area contributed by atoms with Gasteiger partial charge in [0, 0.05) is 5.75 Å². The standard InChI is InChI=1S/C17H32N4O6S2/c1-4-9(2)13(21-14(23)10(18)5-6-29-3)16(25)19-11(7-22)15(24)20-12(8-28)17(26)27/h9-13,22,28H,4-8,18H2,1-3H3,(H,19,25)(H,20,24)(H,21,23)(H,26,27). The number of hydrogen-bond acceptors (Lipinski definition) is 8. The van der Waals surface area contributed by atoms with Crippen LogP contribution < -0.4 is 21.7 Å². The molecule has 0 aliphatic rings. The molecule has 0 saturated heterocycles. The van der Waals surface area contributed by atoms with Gasteiger partial charge < -0.3 is 31.9 Å². The van der Waals surface area contributed by atoms with Gasteiger partial charge in [0.15, 0.2) is 0 Å². The molecule has 5 unspecified atom stereocenters. The molecule has 29 heavy (non-hydrogen) atoms. The van der Waals surface area contributed by atoms with Crippen LogP contribution in [0.5, 0.6) is 0 Å². The van der Waals surface area contributed by atoms with Crippen LogP contribution in [0, 0.1) is 5.92 Å². The van der Waals surface area contributed by atoms with Crippen LogP contribution in [0.3, 0.4) is 0 Å². The van der Waals surface area contributed by atoms with Gasteiger partial charge in [-0.3, -0.25) is 14.4 Å². The lowest BCUT2D eigenvalue weighted by Crippen LogP contribution is -2.59. The van der Waals surface area contributed by atoms with Crippen LogP contribution in [0.1, 0.15) is 26.7 Å². The van der Waals surface area contributed by atoms with Crippen molar-refractivity contribution in [3.63, 3.8) is 0 Å². The highest BCUT2D eigenvalue weighted by atomic mass is 32.2. The Kier molecular flexibility index (Phi) is 13.7. The van der Waals surface area contributed by atoms with Crippen LogP contribution in [-0.2, 0) is 19.2 Å². The van der Waals surface area contributed by atoms with Crippen LogP contribution in [0.4, 0.5) is 0 Å². The van der Waals surface area contributed by atoms with E-state index in [4.69, 9.17) is 10.8 Å². The molecule has 0 radical (unpaired) electrons. The van der Waals surface area contributed by atoms with E-state index in [1.54, 1.807) is 18.7 Å². The van der Waals surface area contributed by atoms with Crippen molar-refractivity contribution in [1.29, 1.82) is 0 Å². The van der Waals surface area contributed by atoms with Gasteiger partial charge in [-0.15, -0.1) is 0 Å². The lowest BCUT2D eigenvalue weighted by atomic mass is 9.97. The number of carbonyl (C=O) groups is 4. The fraction of sp³-hybridized carbons (Fsp3) is 0.765. The molecular formula is C17H32N4O6S2. The SMILES string of the molecule is CCC(C)C(NC(=O)C(N)CCSC)C(=O)NC(CO)C(=O)NC(CS)C(=O)O. The molecule has 12 heteroatoms. The number of hydrogen-bond donors (Lipinski definition) is 7. The van der Waals surface area contributed by atoms with E-state index in [-0.39, 0.29) is 11.7 Å². The Morgan fingerprint density at radius 1 is 1.07 bits per heavy atom. The van der Waals surface area contributed by atoms with Crippen LogP contribution in [-0.4, -0.2) is 82.4 Å². The first kappa shape index (κ1) is 27.5. The highest BCUT2D eigenvalue weighted by Crippen LogP contribution is 2.09. The van der Waals surface area contributed by atoms with Gasteiger partial charge in [-0.1, -0.05) is 20.3 Å². The van der Waals surface area contributed by atoms with Crippen molar-refractivity contribution < 1.29 is 29.4 Å². The van der Waals surface area contributed by atoms with E-state index < -0.39 is 54.5 Å². The number of aliphatic carboxylic acids is 1. The minimum absolute atomic E-state index is 0.160. The first-order chi connectivity index (χ1) is 13.6. The summed E-state index contributed by atoms with van der Waals surface area (Å²) in [6, 6.07) is -4.38. The zero-order valence-corrected chi connectivity index (χ0v) is 18.6. The quantitative estimate of drug-likeness (QED) is 0.157. The van der Waals surface area contributed by atoms with Crippen molar-refractivity contribution in [1.82, 2.24) is 16.0 Å². The Labute approximate surface area is 180 Å². The van der Waals surface area contributed by atoms with E-state index in [2.05, 4.69) is 28.6 Å². The van der Waals surface area contributed by atoms with Crippen LogP contribution >= 0.6 is 24.4 Å². The highest BCUT2D eigenvalue weighted by molar-refractivity contribution is 7.98. The number of thioether (sulfide) groups is 1. The summed E-state index contributed by atoms with van der Waals surface area (Å²) in [6.07, 6.45) is 2.90. The smallest absolute Gasteiger partial charge is 0.327 e. The first-order valence-corrected chi connectivity index (χ1v) is 11.3. The van der Waals surface area contributed by atoms with Gasteiger partial charge in [-0.05, 0) is 24.3 Å². The lowest BCUT2D eigenvalue weighted by molar-refractivity contribution is -0.142. The fourth-order valence-electron chi connectivity index (χ4n) is 2.25. The maximum Gasteiger partial charge on any atom is 0.327 e. The van der Waals surface area contributed by atoms with Gasteiger partial charge in [0.2, 0.25) is 17.7 Å². The fourth-order valence-corrected chi connectivity index (χ4v) is 2.99. The van der Waals surface area contributed by atoms with E-state index in [1.165, 1.54) is 0 Å². The number of amides is 3. The van der Waals surface area contributed by atoms with E-state index in [0.29, 0.717) is 18.6 Å². The molecule has 0 saturated carbocycles. The molecule has 0 aliphatic carbocycles. The van der Waals surface area contributed by atoms with E-state index >= 15 is 0 Å². The Hall–Kier alpha value is -1.50. The summed E-state index contributed by atoms with van der Waals surface area (Å²) in [4.78, 5) is 48.2. The van der Waals surface area contributed by atoms with Crippen LogP contribution in [0.15, 0.2) is 0 Å². The van der Waals surface area contributed by atoms with Crippen molar-refractivity contribution in [3.05, 3.63) is 0 Å². The molecule has 0 spiro atoms. The largest absolute Gasteiger partial charge is 0.480 e. The zero-order chi connectivity index (χ0) is 22.6. The number of aliphatic hydroxyl groups excluding tert-OH is 1. The molecule has 0 aromatic carbocycles. The van der Waals surface area contributed by atoms with Crippen molar-refractivity contribution in [3.8, 4) is 0 Å². The third-order valence-electron chi connectivity index (χ3n) is 4.38. The Balaban J connectivity index is 5.16. The third-order valence-corrected chi connectivity index (χ3v) is 5.38. The summed E-state index contributed by atoms with van der Waals surface area (Å²) < 4.78 is 0. The Bertz CT molecular complexity index is 566. The van der Waals surface area contributed by atoms with E-state index in [0.717, 1.165) is 0 Å². The minimum Gasteiger partial charge on any atom is -0.480 e. The summed E-state index contributed by atoms with van der Waals surface area (Å²) in [7, 11) is 0. The van der Waals surface area contributed by atoms with Gasteiger partial charge in [0.25, 0.3) is 0 Å². The topological polar surface area (TPSA) is 171 Å². The molecule has 0 aromatic rings. The van der Waals surface area contributed by atoms with E-state index in [1.807, 2.05) is 13.2 Å². The van der Waals surface area contributed by atoms with Gasteiger partial charge in [-0.25, -0.2) is 4.79 Å². The summed E-state index contributed by atoms with van der Waals surface area (Å²) in [5.41, 5.74) is 5.84. The average molecular weight is 453 g/mol. The van der Waals surface area contributed by atoms with Crippen molar-refractivity contribution >= 4 is 48.1 Å². The normalized spacial score (nSPS) is 16.1. The van der Waals surface area contributed by atoms with Crippen molar-refractivity contribution in [2.45, 2.75) is 50.9 Å². The van der Waals surface area contributed by atoms with Crippen LogP contribution in [0.25, 0.3) is 0 Å². The zero-order valence-electron chi connectivity index (χ0n) is 16.9. The summed E-state index contributed by atoms with van der Waals surface area (Å²) in [5, 5.41) is 25.6. The number of rotatable bonds is 14. The number of carbonyl (C=O) groups excluding carboxylic acids is 3. The molecule has 0 aromatic heterocycles. The lowest BCUT2D eigenvalue weighted by Gasteiger charge is -2.27. The van der Waals surface area contributed by atoms with Crippen LogP contribution in [0.2, 0.25) is 0 Å². The maximum absolute atomic E-state index is 12.7. The Morgan fingerprint density at radius 3 is 2.10 bits per heavy atom. The highest BCUT2D eigenvalue weighted by Gasteiger charge is 2.31. The predicted molar refractivity (Wildman–Crippen MR) is 115 cm³/mol. The second-order valence-corrected chi connectivity index (χ2v) is 7.94. The molecule has 0 bridgehead atoms. The summed E-state index contributed by atoms with van der Waals surface area (Å²) >= 11 is 5.39. The number of carboxylic acids is 1. The first-order valence-electron chi connectivity index (χ1n) is 9.22. The molecule has 0 rings (SSSR count). The maximum atomic E-state index is 12.7. The second-order valence-electron chi connectivity index (χ2n) is 6.59. The van der Waals surface area contributed by atoms with Crippen molar-refractivity contribution in [2.24, 2.45) is 11.7 Å². The summed E-state index contributed by atoms with van der Waals surface area (Å²) in [5.74, 6) is -3.04. The monoisotopic (exact) mass is 452 g/mol. The number of carboxylic acid groups (broad SMARTS) is 1. The number of nitrogens with two attached hydrogens (primary N) is 1. The molecule has 168 valence electrons. The number of thiol groups is 1. The molecule has 3 amide bonds. The molecule has 0 heterocycles. The van der Waals surface area contributed by atoms with Gasteiger partial charge >= 0.3 is 5.97 Å². The number of nitrogens with one attached hydrogen (secondary N) is 3. The molecule has 10 nitrogen and oxygen atoms in total. The van der Waals surface area contributed by atoms with Gasteiger partial charge in [-0.2, -0.15) is 24.4 Å². The minimum atomic E-state index is -1.38. The number of aliphatic hydroxyl groups is 1. The second kappa shape index (κ2) is 14.5. The molecule has 5 atom stereocenters. The molecule has 0 aliphatic heterocycles. The average Bonchev–Trinajstić information content (AvgIpc) is 2.70.